The summed E-state index contributed by atoms with van der Waals surface area (Å²) in [5, 5.41) is 3.38. The molecule has 1 aliphatic heterocycles. The first-order chi connectivity index (χ1) is 8.35. The quantitative estimate of drug-likeness (QED) is 0.784. The minimum Gasteiger partial charge on any atom is -0.350 e. The van der Waals surface area contributed by atoms with E-state index in [1.165, 1.54) is 12.8 Å². The average Bonchev–Trinajstić information content (AvgIpc) is 2.81. The van der Waals surface area contributed by atoms with E-state index in [4.69, 9.17) is 9.47 Å². The average molecular weight is 239 g/mol. The Bertz CT molecular complexity index is 330. The Kier molecular flexibility index (Phi) is 4.53. The molecule has 1 saturated heterocycles. The molecular formula is C12H21N3O2. The molecule has 0 aliphatic carbocycles. The van der Waals surface area contributed by atoms with Crippen LogP contribution in [-0.2, 0) is 16.0 Å². The molecular weight excluding hydrogens is 218 g/mol. The number of nitrogens with zero attached hydrogens (tertiary/aromatic N) is 2. The zero-order valence-electron chi connectivity index (χ0n) is 10.6. The van der Waals surface area contributed by atoms with Crippen molar-refractivity contribution in [1.29, 1.82) is 0 Å². The Hall–Kier alpha value is -0.910. The van der Waals surface area contributed by atoms with Gasteiger partial charge in [-0.3, -0.25) is 0 Å². The number of nitrogens with one attached hydrogen (secondary N) is 1. The maximum Gasteiger partial charge on any atom is 0.200 e. The largest absolute Gasteiger partial charge is 0.350 e. The molecule has 0 spiro atoms. The van der Waals surface area contributed by atoms with Crippen LogP contribution < -0.4 is 5.32 Å². The van der Waals surface area contributed by atoms with E-state index in [0.29, 0.717) is 0 Å². The van der Waals surface area contributed by atoms with Crippen LogP contribution >= 0.6 is 0 Å². The van der Waals surface area contributed by atoms with Gasteiger partial charge in [0.1, 0.15) is 0 Å². The normalized spacial score (nSPS) is 17.8. The summed E-state index contributed by atoms with van der Waals surface area (Å²) in [6.07, 6.45) is 5.81. The first-order valence-corrected chi connectivity index (χ1v) is 6.11. The predicted octanol–water partition coefficient (Wildman–Crippen LogP) is 1.17. The Morgan fingerprint density at radius 3 is 2.76 bits per heavy atom. The highest BCUT2D eigenvalue weighted by Gasteiger charge is 2.18. The molecule has 0 saturated carbocycles. The van der Waals surface area contributed by atoms with E-state index in [1.54, 1.807) is 14.2 Å². The lowest BCUT2D eigenvalue weighted by Crippen LogP contribution is -2.30. The smallest absolute Gasteiger partial charge is 0.200 e. The summed E-state index contributed by atoms with van der Waals surface area (Å²) in [4.78, 5) is 4.19. The van der Waals surface area contributed by atoms with Crippen molar-refractivity contribution in [2.75, 3.05) is 27.3 Å². The summed E-state index contributed by atoms with van der Waals surface area (Å²) in [6.45, 7) is 3.24. The highest BCUT2D eigenvalue weighted by atomic mass is 16.7. The Balaban J connectivity index is 2.02. The molecule has 0 radical (unpaired) electrons. The lowest BCUT2D eigenvalue weighted by atomic mass is 9.98. The van der Waals surface area contributed by atoms with Crippen LogP contribution in [0.3, 0.4) is 0 Å². The van der Waals surface area contributed by atoms with E-state index >= 15 is 0 Å². The fraction of sp³-hybridized carbons (Fsp3) is 0.750. The number of rotatable bonds is 5. The van der Waals surface area contributed by atoms with Gasteiger partial charge in [-0.15, -0.1) is 0 Å². The van der Waals surface area contributed by atoms with Gasteiger partial charge in [-0.05, 0) is 31.8 Å². The van der Waals surface area contributed by atoms with Gasteiger partial charge in [-0.25, -0.2) is 4.98 Å². The third-order valence-corrected chi connectivity index (χ3v) is 3.33. The van der Waals surface area contributed by atoms with Crippen LogP contribution in [0.2, 0.25) is 0 Å². The molecule has 96 valence electrons. The van der Waals surface area contributed by atoms with E-state index in [-0.39, 0.29) is 6.29 Å². The number of methoxy groups -OCH3 is 2. The molecule has 1 fully saturated rings. The lowest BCUT2D eigenvalue weighted by molar-refractivity contribution is -0.110. The minimum atomic E-state index is -0.320. The van der Waals surface area contributed by atoms with Gasteiger partial charge in [0, 0.05) is 20.8 Å². The zero-order valence-corrected chi connectivity index (χ0v) is 10.6. The second kappa shape index (κ2) is 6.14. The standard InChI is InChI=1S/C12H21N3O2/c1-16-12(17-2)11-7-14-9-15(11)8-10-3-5-13-6-4-10/h7,9-10,12-13H,3-6,8H2,1-2H3. The number of piperidine rings is 1. The number of imidazole rings is 1. The van der Waals surface area contributed by atoms with Gasteiger partial charge in [0.25, 0.3) is 0 Å². The fourth-order valence-electron chi connectivity index (χ4n) is 2.36. The summed E-state index contributed by atoms with van der Waals surface area (Å²) in [5.41, 5.74) is 0.994. The molecule has 0 atom stereocenters. The number of aromatic nitrogens is 2. The Morgan fingerprint density at radius 1 is 1.41 bits per heavy atom. The minimum absolute atomic E-state index is 0.320. The molecule has 2 rings (SSSR count). The van der Waals surface area contributed by atoms with Gasteiger partial charge in [-0.1, -0.05) is 0 Å². The van der Waals surface area contributed by atoms with Crippen molar-refractivity contribution in [3.8, 4) is 0 Å². The lowest BCUT2D eigenvalue weighted by Gasteiger charge is -2.24. The van der Waals surface area contributed by atoms with Crippen molar-refractivity contribution in [1.82, 2.24) is 14.9 Å². The van der Waals surface area contributed by atoms with Gasteiger partial charge in [0.2, 0.25) is 0 Å². The zero-order chi connectivity index (χ0) is 12.1. The molecule has 1 aromatic rings. The molecule has 1 aromatic heterocycles. The molecule has 1 N–H and O–H groups in total. The molecule has 0 bridgehead atoms. The van der Waals surface area contributed by atoms with Crippen molar-refractivity contribution in [3.63, 3.8) is 0 Å². The molecule has 0 unspecified atom stereocenters. The highest BCUT2D eigenvalue weighted by Crippen LogP contribution is 2.20. The van der Waals surface area contributed by atoms with Crippen molar-refractivity contribution >= 4 is 0 Å². The topological polar surface area (TPSA) is 48.3 Å². The van der Waals surface area contributed by atoms with Crippen molar-refractivity contribution < 1.29 is 9.47 Å². The molecule has 0 aromatic carbocycles. The number of ether oxygens (including phenoxy) is 2. The van der Waals surface area contributed by atoms with Crippen molar-refractivity contribution in [2.45, 2.75) is 25.7 Å². The molecule has 2 heterocycles. The van der Waals surface area contributed by atoms with Gasteiger partial charge in [0.05, 0.1) is 18.2 Å². The molecule has 17 heavy (non-hydrogen) atoms. The number of hydrogen-bond acceptors (Lipinski definition) is 4. The van der Waals surface area contributed by atoms with Crippen molar-refractivity contribution in [3.05, 3.63) is 18.2 Å². The van der Waals surface area contributed by atoms with E-state index in [9.17, 15) is 0 Å². The van der Waals surface area contributed by atoms with Crippen molar-refractivity contribution in [2.24, 2.45) is 5.92 Å². The van der Waals surface area contributed by atoms with Crippen LogP contribution in [0.1, 0.15) is 24.8 Å². The van der Waals surface area contributed by atoms with Crippen LogP contribution in [0.15, 0.2) is 12.5 Å². The second-order valence-corrected chi connectivity index (χ2v) is 4.47. The van der Waals surface area contributed by atoms with Crippen LogP contribution in [0.4, 0.5) is 0 Å². The highest BCUT2D eigenvalue weighted by molar-refractivity contribution is 5.00. The monoisotopic (exact) mass is 239 g/mol. The van der Waals surface area contributed by atoms with Gasteiger partial charge >= 0.3 is 0 Å². The summed E-state index contributed by atoms with van der Waals surface area (Å²) in [5.74, 6) is 0.721. The number of hydrogen-bond donors (Lipinski definition) is 1. The second-order valence-electron chi connectivity index (χ2n) is 4.47. The summed E-state index contributed by atoms with van der Waals surface area (Å²) >= 11 is 0. The summed E-state index contributed by atoms with van der Waals surface area (Å²) in [6, 6.07) is 0. The maximum atomic E-state index is 5.28. The summed E-state index contributed by atoms with van der Waals surface area (Å²) < 4.78 is 12.7. The molecule has 1 aliphatic rings. The van der Waals surface area contributed by atoms with Gasteiger partial charge in [0.15, 0.2) is 6.29 Å². The van der Waals surface area contributed by atoms with E-state index in [0.717, 1.165) is 31.2 Å². The molecule has 5 heteroatoms. The van der Waals surface area contributed by atoms with Gasteiger partial charge in [-0.2, -0.15) is 0 Å². The first-order valence-electron chi connectivity index (χ1n) is 6.11. The van der Waals surface area contributed by atoms with E-state index in [2.05, 4.69) is 14.9 Å². The first kappa shape index (κ1) is 12.5. The van der Waals surface area contributed by atoms with E-state index in [1.807, 2.05) is 12.5 Å². The predicted molar refractivity (Wildman–Crippen MR) is 64.6 cm³/mol. The molecule has 0 amide bonds. The van der Waals surface area contributed by atoms with Crippen LogP contribution in [0, 0.1) is 5.92 Å². The SMILES string of the molecule is COC(OC)c1cncn1CC1CCNCC1. The fourth-order valence-corrected chi connectivity index (χ4v) is 2.36. The van der Waals surface area contributed by atoms with Gasteiger partial charge < -0.3 is 19.4 Å². The third kappa shape index (κ3) is 3.06. The Morgan fingerprint density at radius 2 is 2.12 bits per heavy atom. The third-order valence-electron chi connectivity index (χ3n) is 3.33. The molecule has 5 nitrogen and oxygen atoms in total. The summed E-state index contributed by atoms with van der Waals surface area (Å²) in [7, 11) is 3.30. The maximum absolute atomic E-state index is 5.28. The van der Waals surface area contributed by atoms with Crippen LogP contribution in [0.5, 0.6) is 0 Å². The van der Waals surface area contributed by atoms with E-state index < -0.39 is 0 Å². The van der Waals surface area contributed by atoms with Crippen LogP contribution in [-0.4, -0.2) is 36.9 Å². The van der Waals surface area contributed by atoms with Crippen LogP contribution in [0.25, 0.3) is 0 Å². The Labute approximate surface area is 102 Å².